The van der Waals surface area contributed by atoms with Gasteiger partial charge in [-0.15, -0.1) is 0 Å². The molecule has 36 heavy (non-hydrogen) atoms. The smallest absolute Gasteiger partial charge is 0.307 e. The minimum atomic E-state index is -0.0629. The summed E-state index contributed by atoms with van der Waals surface area (Å²) in [5.41, 5.74) is 12.8. The van der Waals surface area contributed by atoms with Crippen LogP contribution in [-0.2, 0) is 5.41 Å². The first kappa shape index (κ1) is 21.2. The summed E-state index contributed by atoms with van der Waals surface area (Å²) in [6, 6.07) is 32.6. The molecule has 0 spiro atoms. The van der Waals surface area contributed by atoms with Gasteiger partial charge in [0.25, 0.3) is 0 Å². The highest BCUT2D eigenvalue weighted by Crippen LogP contribution is 2.50. The topological polar surface area (TPSA) is 30.4 Å². The molecule has 4 aromatic carbocycles. The van der Waals surface area contributed by atoms with Crippen LogP contribution in [0.1, 0.15) is 50.3 Å². The number of hydrogen-bond acceptors (Lipinski definition) is 2. The minimum absolute atomic E-state index is 0.0629. The van der Waals surface area contributed by atoms with Crippen LogP contribution in [0.15, 0.2) is 95.4 Å². The molecule has 0 N–H and O–H groups in total. The third kappa shape index (κ3) is 2.89. The second kappa shape index (κ2) is 7.44. The average Bonchev–Trinajstić information content (AvgIpc) is 3.51. The van der Waals surface area contributed by atoms with Gasteiger partial charge in [-0.1, -0.05) is 100 Å². The molecule has 1 aliphatic carbocycles. The van der Waals surface area contributed by atoms with Crippen molar-refractivity contribution >= 4 is 16.9 Å². The molecule has 2 aromatic heterocycles. The summed E-state index contributed by atoms with van der Waals surface area (Å²) in [6.45, 7) is 9.09. The molecule has 7 rings (SSSR count). The van der Waals surface area contributed by atoms with Crippen LogP contribution >= 0.6 is 0 Å². The number of imidazole rings is 1. The normalized spacial score (nSPS) is 14.0. The third-order valence-corrected chi connectivity index (χ3v) is 7.86. The number of fused-ring (bicyclic) bond motifs is 6. The lowest BCUT2D eigenvalue weighted by atomic mass is 9.82. The van der Waals surface area contributed by atoms with E-state index in [1.54, 1.807) is 0 Å². The molecule has 6 aromatic rings. The van der Waals surface area contributed by atoms with Crippen LogP contribution < -0.4 is 0 Å². The Morgan fingerprint density at radius 3 is 2.25 bits per heavy atom. The van der Waals surface area contributed by atoms with Crippen LogP contribution in [0, 0.1) is 0 Å². The van der Waals surface area contributed by atoms with Gasteiger partial charge in [0.15, 0.2) is 5.58 Å². The van der Waals surface area contributed by atoms with Crippen LogP contribution in [-0.4, -0.2) is 9.38 Å². The summed E-state index contributed by atoms with van der Waals surface area (Å²) >= 11 is 0. The Labute approximate surface area is 211 Å². The van der Waals surface area contributed by atoms with Crippen LogP contribution in [0.2, 0.25) is 0 Å². The number of rotatable bonds is 3. The Kier molecular flexibility index (Phi) is 4.38. The maximum absolute atomic E-state index is 6.21. The Morgan fingerprint density at radius 2 is 1.44 bits per heavy atom. The van der Waals surface area contributed by atoms with E-state index in [-0.39, 0.29) is 5.41 Å². The van der Waals surface area contributed by atoms with Gasteiger partial charge in [-0.2, -0.15) is 4.98 Å². The van der Waals surface area contributed by atoms with Gasteiger partial charge in [0.2, 0.25) is 0 Å². The molecule has 0 unspecified atom stereocenters. The zero-order valence-corrected chi connectivity index (χ0v) is 21.0. The van der Waals surface area contributed by atoms with E-state index in [1.807, 2.05) is 12.1 Å². The van der Waals surface area contributed by atoms with Crippen molar-refractivity contribution in [1.82, 2.24) is 9.38 Å². The first-order valence-corrected chi connectivity index (χ1v) is 12.7. The zero-order valence-electron chi connectivity index (χ0n) is 21.0. The van der Waals surface area contributed by atoms with Gasteiger partial charge in [0.05, 0.1) is 11.2 Å². The fraction of sp³-hybridized carbons (Fsp3) is 0.182. The average molecular weight is 469 g/mol. The van der Waals surface area contributed by atoms with Crippen molar-refractivity contribution in [2.24, 2.45) is 0 Å². The number of oxazole rings is 1. The van der Waals surface area contributed by atoms with E-state index >= 15 is 0 Å². The van der Waals surface area contributed by atoms with Gasteiger partial charge in [0, 0.05) is 16.5 Å². The van der Waals surface area contributed by atoms with Crippen LogP contribution in [0.3, 0.4) is 0 Å². The molecule has 0 bridgehead atoms. The van der Waals surface area contributed by atoms with Crippen molar-refractivity contribution in [2.45, 2.75) is 39.0 Å². The van der Waals surface area contributed by atoms with Crippen molar-refractivity contribution in [1.29, 1.82) is 0 Å². The summed E-state index contributed by atoms with van der Waals surface area (Å²) in [5.74, 6) is 1.11. The Bertz CT molecular complexity index is 1780. The fourth-order valence-corrected chi connectivity index (χ4v) is 5.86. The molecule has 0 fully saturated rings. The number of nitrogens with zero attached hydrogens (tertiary/aromatic N) is 2. The summed E-state index contributed by atoms with van der Waals surface area (Å²) < 4.78 is 8.38. The van der Waals surface area contributed by atoms with E-state index in [1.165, 1.54) is 27.8 Å². The molecule has 3 nitrogen and oxygen atoms in total. The molecule has 176 valence electrons. The molecule has 0 saturated heterocycles. The molecular weight excluding hydrogens is 440 g/mol. The monoisotopic (exact) mass is 468 g/mol. The second-order valence-corrected chi connectivity index (χ2v) is 10.7. The largest absolute Gasteiger partial charge is 0.423 e. The highest BCUT2D eigenvalue weighted by molar-refractivity contribution is 5.90. The Hall–Kier alpha value is -4.11. The van der Waals surface area contributed by atoms with E-state index < -0.39 is 0 Å². The Morgan fingerprint density at radius 1 is 0.750 bits per heavy atom. The molecule has 2 heterocycles. The first-order chi connectivity index (χ1) is 17.4. The van der Waals surface area contributed by atoms with Gasteiger partial charge in [-0.05, 0) is 51.9 Å². The third-order valence-electron chi connectivity index (χ3n) is 7.86. The SMILES string of the molecule is CC(C)c1ccc(-c2c(-c3ccc4c(c3)C(C)(C)c3ccccc3-4)nc3oc4ccccc4n23)cc1. The number of aromatic nitrogens is 2. The molecule has 0 aliphatic heterocycles. The summed E-state index contributed by atoms with van der Waals surface area (Å²) in [7, 11) is 0. The van der Waals surface area contributed by atoms with Gasteiger partial charge < -0.3 is 4.42 Å². The second-order valence-electron chi connectivity index (χ2n) is 10.7. The van der Waals surface area contributed by atoms with Crippen LogP contribution in [0.25, 0.3) is 50.6 Å². The molecule has 0 radical (unpaired) electrons. The van der Waals surface area contributed by atoms with E-state index in [2.05, 4.69) is 111 Å². The molecule has 3 heteroatoms. The zero-order chi connectivity index (χ0) is 24.6. The molecule has 0 saturated carbocycles. The maximum Gasteiger partial charge on any atom is 0.307 e. The molecule has 1 aliphatic rings. The lowest BCUT2D eigenvalue weighted by Crippen LogP contribution is -2.14. The lowest BCUT2D eigenvalue weighted by molar-refractivity contribution is 0.642. The van der Waals surface area contributed by atoms with Crippen molar-refractivity contribution in [3.8, 4) is 33.6 Å². The number of benzene rings is 4. The standard InChI is InChI=1S/C33H28N2O/c1-20(2)21-13-15-22(16-14-21)31-30(34-32-35(31)28-11-7-8-12-29(28)36-32)23-17-18-25-24-9-5-6-10-26(24)33(3,4)27(25)19-23/h5-20H,1-4H3. The van der Waals surface area contributed by atoms with E-state index in [9.17, 15) is 0 Å². The number of hydrogen-bond donors (Lipinski definition) is 0. The predicted molar refractivity (Wildman–Crippen MR) is 147 cm³/mol. The predicted octanol–water partition coefficient (Wildman–Crippen LogP) is 8.84. The minimum Gasteiger partial charge on any atom is -0.423 e. The van der Waals surface area contributed by atoms with Crippen LogP contribution in [0.5, 0.6) is 0 Å². The molecular formula is C33H28N2O. The maximum atomic E-state index is 6.21. The van der Waals surface area contributed by atoms with Crippen molar-refractivity contribution in [3.63, 3.8) is 0 Å². The van der Waals surface area contributed by atoms with E-state index in [0.29, 0.717) is 11.8 Å². The first-order valence-electron chi connectivity index (χ1n) is 12.7. The van der Waals surface area contributed by atoms with Crippen LogP contribution in [0.4, 0.5) is 0 Å². The van der Waals surface area contributed by atoms with Gasteiger partial charge in [0.1, 0.15) is 5.69 Å². The van der Waals surface area contributed by atoms with Gasteiger partial charge in [-0.25, -0.2) is 0 Å². The summed E-state index contributed by atoms with van der Waals surface area (Å²) in [6.07, 6.45) is 0. The van der Waals surface area contributed by atoms with Crippen molar-refractivity contribution in [2.75, 3.05) is 0 Å². The molecule has 0 atom stereocenters. The Balaban J connectivity index is 1.49. The van der Waals surface area contributed by atoms with Crippen molar-refractivity contribution < 1.29 is 4.42 Å². The highest BCUT2D eigenvalue weighted by atomic mass is 16.4. The summed E-state index contributed by atoms with van der Waals surface area (Å²) in [5, 5.41) is 0. The van der Waals surface area contributed by atoms with E-state index in [0.717, 1.165) is 33.6 Å². The van der Waals surface area contributed by atoms with Gasteiger partial charge >= 0.3 is 5.84 Å². The fourth-order valence-electron chi connectivity index (χ4n) is 5.86. The number of para-hydroxylation sites is 2. The lowest BCUT2D eigenvalue weighted by Gasteiger charge is -2.21. The van der Waals surface area contributed by atoms with Gasteiger partial charge in [-0.3, -0.25) is 4.40 Å². The van der Waals surface area contributed by atoms with E-state index in [4.69, 9.17) is 9.40 Å². The van der Waals surface area contributed by atoms with Crippen molar-refractivity contribution in [3.05, 3.63) is 108 Å². The summed E-state index contributed by atoms with van der Waals surface area (Å²) in [4.78, 5) is 5.07. The highest BCUT2D eigenvalue weighted by Gasteiger charge is 2.35. The molecule has 0 amide bonds. The quantitative estimate of drug-likeness (QED) is 0.260.